The van der Waals surface area contributed by atoms with Crippen LogP contribution in [0.1, 0.15) is 36.2 Å². The van der Waals surface area contributed by atoms with E-state index in [9.17, 15) is 4.79 Å². The van der Waals surface area contributed by atoms with E-state index in [4.69, 9.17) is 0 Å². The van der Waals surface area contributed by atoms with Crippen molar-refractivity contribution in [3.05, 3.63) is 18.0 Å². The van der Waals surface area contributed by atoms with Crippen molar-refractivity contribution in [1.82, 2.24) is 14.7 Å². The Morgan fingerprint density at radius 3 is 2.88 bits per heavy atom. The van der Waals surface area contributed by atoms with Crippen LogP contribution in [0.25, 0.3) is 0 Å². The van der Waals surface area contributed by atoms with Crippen molar-refractivity contribution in [1.29, 1.82) is 0 Å². The fourth-order valence-corrected chi connectivity index (χ4v) is 2.36. The van der Waals surface area contributed by atoms with Crippen LogP contribution in [-0.4, -0.2) is 38.5 Å². The molecule has 1 heterocycles. The summed E-state index contributed by atoms with van der Waals surface area (Å²) in [5.41, 5.74) is 0.687. The van der Waals surface area contributed by atoms with Gasteiger partial charge in [0.25, 0.3) is 5.91 Å². The Bertz CT molecular complexity index is 387. The first-order chi connectivity index (χ1) is 8.24. The van der Waals surface area contributed by atoms with Gasteiger partial charge < -0.3 is 4.90 Å². The Kier molecular flexibility index (Phi) is 4.20. The fourth-order valence-electron chi connectivity index (χ4n) is 2.11. The Morgan fingerprint density at radius 1 is 1.65 bits per heavy atom. The van der Waals surface area contributed by atoms with Crippen LogP contribution in [0.4, 0.5) is 0 Å². The Balaban J connectivity index is 2.09. The molecule has 94 valence electrons. The molecular weight excluding hydrogens is 282 g/mol. The minimum Gasteiger partial charge on any atom is -0.334 e. The first kappa shape index (κ1) is 12.6. The molecule has 5 heteroatoms. The molecule has 1 aliphatic carbocycles. The van der Waals surface area contributed by atoms with Crippen LogP contribution in [0.3, 0.4) is 0 Å². The van der Waals surface area contributed by atoms with Crippen molar-refractivity contribution in [2.24, 2.45) is 7.05 Å². The van der Waals surface area contributed by atoms with Gasteiger partial charge in [0.15, 0.2) is 0 Å². The van der Waals surface area contributed by atoms with E-state index in [2.05, 4.69) is 21.0 Å². The molecule has 0 saturated heterocycles. The lowest BCUT2D eigenvalue weighted by molar-refractivity contribution is 0.0570. The van der Waals surface area contributed by atoms with Gasteiger partial charge in [-0.2, -0.15) is 5.10 Å². The van der Waals surface area contributed by atoms with Crippen LogP contribution < -0.4 is 0 Å². The zero-order valence-corrected chi connectivity index (χ0v) is 11.7. The lowest BCUT2D eigenvalue weighted by Crippen LogP contribution is -2.45. The predicted octanol–water partition coefficient (Wildman–Crippen LogP) is 2.20. The lowest BCUT2D eigenvalue weighted by Gasteiger charge is -2.37. The molecule has 1 fully saturated rings. The highest BCUT2D eigenvalue weighted by atomic mass is 79.9. The van der Waals surface area contributed by atoms with Gasteiger partial charge in [-0.3, -0.25) is 9.48 Å². The fraction of sp³-hybridized carbons (Fsp3) is 0.667. The van der Waals surface area contributed by atoms with Crippen molar-refractivity contribution < 1.29 is 4.79 Å². The van der Waals surface area contributed by atoms with Crippen molar-refractivity contribution in [2.45, 2.75) is 31.7 Å². The third-order valence-electron chi connectivity index (χ3n) is 3.35. The molecule has 1 amide bonds. The van der Waals surface area contributed by atoms with E-state index in [1.807, 2.05) is 11.9 Å². The zero-order chi connectivity index (χ0) is 12.3. The number of halogens is 1. The third-order valence-corrected chi connectivity index (χ3v) is 3.91. The maximum absolute atomic E-state index is 12.4. The summed E-state index contributed by atoms with van der Waals surface area (Å²) < 4.78 is 1.65. The van der Waals surface area contributed by atoms with Gasteiger partial charge >= 0.3 is 0 Å². The van der Waals surface area contributed by atoms with Crippen molar-refractivity contribution in [3.8, 4) is 0 Å². The number of carbonyl (C=O) groups excluding carboxylic acids is 1. The molecule has 1 aromatic heterocycles. The van der Waals surface area contributed by atoms with Crippen LogP contribution in [0, 0.1) is 0 Å². The number of aromatic nitrogens is 2. The topological polar surface area (TPSA) is 38.1 Å². The van der Waals surface area contributed by atoms with Gasteiger partial charge in [-0.15, -0.1) is 0 Å². The molecular formula is C12H18BrN3O. The van der Waals surface area contributed by atoms with Crippen LogP contribution in [0.5, 0.6) is 0 Å². The van der Waals surface area contributed by atoms with Crippen molar-refractivity contribution in [3.63, 3.8) is 0 Å². The molecule has 1 saturated carbocycles. The number of rotatable bonds is 5. The highest BCUT2D eigenvalue weighted by Gasteiger charge is 2.29. The van der Waals surface area contributed by atoms with Crippen LogP contribution >= 0.6 is 15.9 Å². The van der Waals surface area contributed by atoms with Crippen molar-refractivity contribution in [2.75, 3.05) is 11.9 Å². The molecule has 0 radical (unpaired) electrons. The molecule has 1 aliphatic rings. The Labute approximate surface area is 110 Å². The zero-order valence-electron chi connectivity index (χ0n) is 10.1. The Morgan fingerprint density at radius 2 is 2.41 bits per heavy atom. The highest BCUT2D eigenvalue weighted by Crippen LogP contribution is 2.26. The van der Waals surface area contributed by atoms with Gasteiger partial charge in [0.2, 0.25) is 0 Å². The van der Waals surface area contributed by atoms with Crippen LogP contribution in [-0.2, 0) is 7.05 Å². The predicted molar refractivity (Wildman–Crippen MR) is 70.3 cm³/mol. The molecule has 0 aromatic carbocycles. The number of carbonyl (C=O) groups is 1. The minimum atomic E-state index is 0.121. The summed E-state index contributed by atoms with van der Waals surface area (Å²) >= 11 is 3.42. The molecule has 4 nitrogen and oxygen atoms in total. The first-order valence-corrected chi connectivity index (χ1v) is 7.21. The average Bonchev–Trinajstić information content (AvgIpc) is 2.67. The second-order valence-corrected chi connectivity index (χ2v) is 5.26. The molecule has 0 bridgehead atoms. The van der Waals surface area contributed by atoms with Gasteiger partial charge in [0, 0.05) is 31.2 Å². The van der Waals surface area contributed by atoms with Crippen LogP contribution in [0.2, 0.25) is 0 Å². The monoisotopic (exact) mass is 299 g/mol. The second kappa shape index (κ2) is 5.67. The second-order valence-electron chi connectivity index (χ2n) is 4.47. The van der Waals surface area contributed by atoms with E-state index in [1.54, 1.807) is 16.9 Å². The molecule has 0 atom stereocenters. The number of alkyl halides is 1. The summed E-state index contributed by atoms with van der Waals surface area (Å²) in [6.07, 6.45) is 6.21. The standard InChI is InChI=1S/C12H18BrN3O/c1-15-11(6-8-14-15)12(17)16(9-3-7-13)10-4-2-5-10/h6,8,10H,2-5,7,9H2,1H3. The van der Waals surface area contributed by atoms with E-state index in [1.165, 1.54) is 6.42 Å². The van der Waals surface area contributed by atoms with E-state index in [0.29, 0.717) is 11.7 Å². The molecule has 0 spiro atoms. The number of amides is 1. The van der Waals surface area contributed by atoms with Gasteiger partial charge in [-0.1, -0.05) is 15.9 Å². The van der Waals surface area contributed by atoms with Gasteiger partial charge in [0.05, 0.1) is 0 Å². The van der Waals surface area contributed by atoms with Crippen LogP contribution in [0.15, 0.2) is 12.3 Å². The number of nitrogens with zero attached hydrogens (tertiary/aromatic N) is 3. The van der Waals surface area contributed by atoms with E-state index in [0.717, 1.165) is 31.1 Å². The molecule has 2 rings (SSSR count). The summed E-state index contributed by atoms with van der Waals surface area (Å²) in [5, 5.41) is 5.00. The van der Waals surface area contributed by atoms with Gasteiger partial charge in [0.1, 0.15) is 5.69 Å². The van der Waals surface area contributed by atoms with Crippen molar-refractivity contribution >= 4 is 21.8 Å². The number of hydrogen-bond donors (Lipinski definition) is 0. The largest absolute Gasteiger partial charge is 0.334 e. The minimum absolute atomic E-state index is 0.121. The first-order valence-electron chi connectivity index (χ1n) is 6.09. The normalized spacial score (nSPS) is 15.6. The number of hydrogen-bond acceptors (Lipinski definition) is 2. The van der Waals surface area contributed by atoms with E-state index >= 15 is 0 Å². The van der Waals surface area contributed by atoms with Gasteiger partial charge in [-0.25, -0.2) is 0 Å². The number of aryl methyl sites for hydroxylation is 1. The van der Waals surface area contributed by atoms with Gasteiger partial charge in [-0.05, 0) is 31.7 Å². The molecule has 0 unspecified atom stereocenters. The summed E-state index contributed by atoms with van der Waals surface area (Å²) in [4.78, 5) is 14.4. The quantitative estimate of drug-likeness (QED) is 0.782. The molecule has 0 aliphatic heterocycles. The smallest absolute Gasteiger partial charge is 0.272 e. The molecule has 17 heavy (non-hydrogen) atoms. The molecule has 1 aromatic rings. The van der Waals surface area contributed by atoms with E-state index in [-0.39, 0.29) is 5.91 Å². The summed E-state index contributed by atoms with van der Waals surface area (Å²) in [7, 11) is 1.82. The third kappa shape index (κ3) is 2.70. The summed E-state index contributed by atoms with van der Waals surface area (Å²) in [5.74, 6) is 0.121. The SMILES string of the molecule is Cn1nccc1C(=O)N(CCCBr)C1CCC1. The lowest BCUT2D eigenvalue weighted by atomic mass is 9.91. The van der Waals surface area contributed by atoms with E-state index < -0.39 is 0 Å². The maximum atomic E-state index is 12.4. The molecule has 0 N–H and O–H groups in total. The summed E-state index contributed by atoms with van der Waals surface area (Å²) in [6.45, 7) is 0.833. The maximum Gasteiger partial charge on any atom is 0.272 e. The Hall–Kier alpha value is -0.840. The average molecular weight is 300 g/mol. The highest BCUT2D eigenvalue weighted by molar-refractivity contribution is 9.09. The summed E-state index contributed by atoms with van der Waals surface area (Å²) in [6, 6.07) is 2.23.